The zero-order valence-corrected chi connectivity index (χ0v) is 8.62. The van der Waals surface area contributed by atoms with E-state index in [1.807, 2.05) is 6.92 Å². The number of hydrogen-bond acceptors (Lipinski definition) is 0. The molecule has 0 amide bonds. The second-order valence-corrected chi connectivity index (χ2v) is 7.88. The molecule has 0 aromatic heterocycles. The number of rotatable bonds is 3. The van der Waals surface area contributed by atoms with E-state index in [0.29, 0.717) is 0 Å². The van der Waals surface area contributed by atoms with Crippen molar-refractivity contribution in [2.24, 2.45) is 0 Å². The third kappa shape index (κ3) is 4.64. The lowest BCUT2D eigenvalue weighted by atomic mass is 10.4. The molecular formula is C9H18Si. The van der Waals surface area contributed by atoms with Crippen molar-refractivity contribution in [3.63, 3.8) is 0 Å². The van der Waals surface area contributed by atoms with Gasteiger partial charge in [-0.3, -0.25) is 0 Å². The van der Waals surface area contributed by atoms with E-state index in [1.165, 1.54) is 18.9 Å². The molecule has 0 aromatic rings. The zero-order chi connectivity index (χ0) is 8.04. The Kier molecular flexibility index (Phi) is 4.47. The molecule has 58 valence electrons. The van der Waals surface area contributed by atoms with E-state index in [4.69, 9.17) is 0 Å². The first-order valence-corrected chi connectivity index (χ1v) is 7.27. The minimum atomic E-state index is -1.09. The lowest BCUT2D eigenvalue weighted by Crippen LogP contribution is -2.22. The van der Waals surface area contributed by atoms with Crippen LogP contribution in [0.3, 0.4) is 0 Å². The molecule has 0 aliphatic rings. The summed E-state index contributed by atoms with van der Waals surface area (Å²) in [6, 6.07) is 1.37. The summed E-state index contributed by atoms with van der Waals surface area (Å²) in [5.74, 6) is 3.03. The fourth-order valence-electron chi connectivity index (χ4n) is 1.02. The van der Waals surface area contributed by atoms with Crippen LogP contribution in [0, 0.1) is 11.5 Å². The SMILES string of the molecule is CC#C[Si](C)(C)CCCC. The van der Waals surface area contributed by atoms with Gasteiger partial charge in [-0.1, -0.05) is 32.9 Å². The molecule has 0 saturated carbocycles. The average Bonchev–Trinajstić information content (AvgIpc) is 1.84. The summed E-state index contributed by atoms with van der Waals surface area (Å²) >= 11 is 0. The van der Waals surface area contributed by atoms with E-state index in [9.17, 15) is 0 Å². The molecule has 1 heteroatoms. The Morgan fingerprint density at radius 3 is 2.30 bits per heavy atom. The Morgan fingerprint density at radius 1 is 1.30 bits per heavy atom. The van der Waals surface area contributed by atoms with Crippen molar-refractivity contribution in [3.8, 4) is 11.5 Å². The molecule has 10 heavy (non-hydrogen) atoms. The quantitative estimate of drug-likeness (QED) is 0.433. The molecule has 0 saturated heterocycles. The molecule has 0 heterocycles. The van der Waals surface area contributed by atoms with Gasteiger partial charge in [0.05, 0.1) is 0 Å². The van der Waals surface area contributed by atoms with Gasteiger partial charge in [0, 0.05) is 0 Å². The molecular weight excluding hydrogens is 136 g/mol. The molecule has 0 aromatic carbocycles. The summed E-state index contributed by atoms with van der Waals surface area (Å²) in [6.07, 6.45) is 2.66. The fourth-order valence-corrected chi connectivity index (χ4v) is 3.06. The van der Waals surface area contributed by atoms with E-state index < -0.39 is 8.07 Å². The first-order chi connectivity index (χ1) is 4.62. The topological polar surface area (TPSA) is 0 Å². The Labute approximate surface area is 66.0 Å². The van der Waals surface area contributed by atoms with Gasteiger partial charge in [-0.15, -0.1) is 11.5 Å². The van der Waals surface area contributed by atoms with Gasteiger partial charge in [0.15, 0.2) is 0 Å². The van der Waals surface area contributed by atoms with Crippen LogP contribution in [0.2, 0.25) is 19.1 Å². The third-order valence-corrected chi connectivity index (χ3v) is 4.15. The highest BCUT2D eigenvalue weighted by Crippen LogP contribution is 2.11. The van der Waals surface area contributed by atoms with E-state index in [-0.39, 0.29) is 0 Å². The Balaban J connectivity index is 3.71. The smallest absolute Gasteiger partial charge is 0.132 e. The molecule has 0 spiro atoms. The van der Waals surface area contributed by atoms with Gasteiger partial charge in [-0.25, -0.2) is 0 Å². The van der Waals surface area contributed by atoms with Gasteiger partial charge < -0.3 is 0 Å². The van der Waals surface area contributed by atoms with Crippen molar-refractivity contribution in [2.75, 3.05) is 0 Å². The van der Waals surface area contributed by atoms with Crippen LogP contribution < -0.4 is 0 Å². The Hall–Kier alpha value is -0.223. The van der Waals surface area contributed by atoms with Crippen LogP contribution in [-0.4, -0.2) is 8.07 Å². The molecule has 0 N–H and O–H groups in total. The predicted molar refractivity (Wildman–Crippen MR) is 50.6 cm³/mol. The Bertz CT molecular complexity index is 137. The van der Waals surface area contributed by atoms with Gasteiger partial charge in [0.1, 0.15) is 8.07 Å². The van der Waals surface area contributed by atoms with E-state index in [0.717, 1.165) is 0 Å². The minimum Gasteiger partial charge on any atom is -0.132 e. The first-order valence-electron chi connectivity index (χ1n) is 4.06. The molecule has 0 aliphatic carbocycles. The summed E-state index contributed by atoms with van der Waals surface area (Å²) < 4.78 is 0. The fraction of sp³-hybridized carbons (Fsp3) is 0.778. The summed E-state index contributed by atoms with van der Waals surface area (Å²) in [5.41, 5.74) is 3.35. The van der Waals surface area contributed by atoms with Crippen molar-refractivity contribution < 1.29 is 0 Å². The normalized spacial score (nSPS) is 10.4. The molecule has 0 atom stereocenters. The zero-order valence-electron chi connectivity index (χ0n) is 7.62. The summed E-state index contributed by atoms with van der Waals surface area (Å²) in [5, 5.41) is 0. The first kappa shape index (κ1) is 9.78. The highest BCUT2D eigenvalue weighted by Gasteiger charge is 2.15. The summed E-state index contributed by atoms with van der Waals surface area (Å²) in [7, 11) is -1.09. The maximum atomic E-state index is 3.35. The van der Waals surface area contributed by atoms with E-state index in [1.54, 1.807) is 0 Å². The van der Waals surface area contributed by atoms with Crippen LogP contribution in [-0.2, 0) is 0 Å². The molecule has 0 aliphatic heterocycles. The number of hydrogen-bond donors (Lipinski definition) is 0. The highest BCUT2D eigenvalue weighted by atomic mass is 28.3. The maximum Gasteiger partial charge on any atom is 0.132 e. The average molecular weight is 154 g/mol. The summed E-state index contributed by atoms with van der Waals surface area (Å²) in [4.78, 5) is 0. The second kappa shape index (κ2) is 4.57. The van der Waals surface area contributed by atoms with Crippen LogP contribution in [0.15, 0.2) is 0 Å². The lowest BCUT2D eigenvalue weighted by Gasteiger charge is -2.12. The van der Waals surface area contributed by atoms with Gasteiger partial charge in [0.25, 0.3) is 0 Å². The van der Waals surface area contributed by atoms with E-state index in [2.05, 4.69) is 31.5 Å². The van der Waals surface area contributed by atoms with Crippen LogP contribution >= 0.6 is 0 Å². The highest BCUT2D eigenvalue weighted by molar-refractivity contribution is 6.85. The maximum absolute atomic E-state index is 3.35. The van der Waals surface area contributed by atoms with Crippen molar-refractivity contribution >= 4 is 8.07 Å². The standard InChI is InChI=1S/C9H18Si/c1-5-7-9-10(3,4)8-6-2/h5,7,9H2,1-4H3. The predicted octanol–water partition coefficient (Wildman–Crippen LogP) is 3.06. The van der Waals surface area contributed by atoms with Crippen molar-refractivity contribution in [3.05, 3.63) is 0 Å². The van der Waals surface area contributed by atoms with Crippen LogP contribution in [0.25, 0.3) is 0 Å². The minimum absolute atomic E-state index is 1.09. The molecule has 0 bridgehead atoms. The van der Waals surface area contributed by atoms with Gasteiger partial charge >= 0.3 is 0 Å². The second-order valence-electron chi connectivity index (χ2n) is 3.36. The number of unbranched alkanes of at least 4 members (excludes halogenated alkanes) is 1. The Morgan fingerprint density at radius 2 is 1.90 bits per heavy atom. The molecule has 0 nitrogen and oxygen atoms in total. The molecule has 0 rings (SSSR count). The lowest BCUT2D eigenvalue weighted by molar-refractivity contribution is 0.871. The van der Waals surface area contributed by atoms with Gasteiger partial charge in [0.2, 0.25) is 0 Å². The molecule has 0 unspecified atom stereocenters. The van der Waals surface area contributed by atoms with Gasteiger partial charge in [-0.2, -0.15) is 0 Å². The molecule has 0 radical (unpaired) electrons. The molecule has 0 fully saturated rings. The van der Waals surface area contributed by atoms with Gasteiger partial charge in [-0.05, 0) is 13.0 Å². The van der Waals surface area contributed by atoms with Crippen LogP contribution in [0.1, 0.15) is 26.7 Å². The van der Waals surface area contributed by atoms with Crippen molar-refractivity contribution in [1.82, 2.24) is 0 Å². The van der Waals surface area contributed by atoms with Crippen LogP contribution in [0.4, 0.5) is 0 Å². The van der Waals surface area contributed by atoms with Crippen molar-refractivity contribution in [1.29, 1.82) is 0 Å². The third-order valence-electron chi connectivity index (χ3n) is 1.62. The van der Waals surface area contributed by atoms with E-state index >= 15 is 0 Å². The summed E-state index contributed by atoms with van der Waals surface area (Å²) in [6.45, 7) is 8.88. The van der Waals surface area contributed by atoms with Crippen molar-refractivity contribution in [2.45, 2.75) is 45.8 Å². The monoisotopic (exact) mass is 154 g/mol. The van der Waals surface area contributed by atoms with Crippen LogP contribution in [0.5, 0.6) is 0 Å². The largest absolute Gasteiger partial charge is 0.132 e.